The fourth-order valence-electron chi connectivity index (χ4n) is 2.59. The summed E-state index contributed by atoms with van der Waals surface area (Å²) in [6.45, 7) is 7.03. The Morgan fingerprint density at radius 2 is 2.25 bits per heavy atom. The van der Waals surface area contributed by atoms with Crippen molar-refractivity contribution in [3.63, 3.8) is 0 Å². The first-order valence-electron chi connectivity index (χ1n) is 7.76. The average molecular weight is 284 g/mol. The number of rotatable bonds is 8. The molecule has 1 amide bonds. The lowest BCUT2D eigenvalue weighted by molar-refractivity contribution is -0.143. The third-order valence-electron chi connectivity index (χ3n) is 3.83. The van der Waals surface area contributed by atoms with Gasteiger partial charge in [-0.25, -0.2) is 0 Å². The lowest BCUT2D eigenvalue weighted by atomic mass is 9.85. The second kappa shape index (κ2) is 9.75. The summed E-state index contributed by atoms with van der Waals surface area (Å²) in [6, 6.07) is 0. The van der Waals surface area contributed by atoms with E-state index in [4.69, 9.17) is 4.74 Å². The molecule has 0 spiro atoms. The number of amides is 1. The molecule has 20 heavy (non-hydrogen) atoms. The maximum absolute atomic E-state index is 11.8. The molecule has 1 heterocycles. The Balaban J connectivity index is 2.08. The van der Waals surface area contributed by atoms with Crippen LogP contribution in [0.1, 0.15) is 46.0 Å². The number of esters is 1. The van der Waals surface area contributed by atoms with E-state index < -0.39 is 0 Å². The van der Waals surface area contributed by atoms with Crippen LogP contribution in [0.25, 0.3) is 0 Å². The summed E-state index contributed by atoms with van der Waals surface area (Å²) in [5, 5.41) is 6.27. The van der Waals surface area contributed by atoms with Gasteiger partial charge in [-0.2, -0.15) is 0 Å². The van der Waals surface area contributed by atoms with Crippen molar-refractivity contribution in [3.05, 3.63) is 0 Å². The van der Waals surface area contributed by atoms with Gasteiger partial charge in [0, 0.05) is 19.4 Å². The smallest absolute Gasteiger partial charge is 0.305 e. The lowest BCUT2D eigenvalue weighted by Crippen LogP contribution is -2.35. The minimum absolute atomic E-state index is 0.0898. The molecule has 5 heteroatoms. The predicted molar refractivity (Wildman–Crippen MR) is 78.3 cm³/mol. The van der Waals surface area contributed by atoms with Gasteiger partial charge in [0.25, 0.3) is 0 Å². The van der Waals surface area contributed by atoms with Crippen molar-refractivity contribution in [2.45, 2.75) is 46.0 Å². The summed E-state index contributed by atoms with van der Waals surface area (Å²) >= 11 is 0. The molecule has 1 fully saturated rings. The summed E-state index contributed by atoms with van der Waals surface area (Å²) < 4.78 is 4.83. The van der Waals surface area contributed by atoms with Gasteiger partial charge in [0.1, 0.15) is 0 Å². The van der Waals surface area contributed by atoms with Crippen LogP contribution in [-0.2, 0) is 14.3 Å². The Morgan fingerprint density at radius 1 is 1.45 bits per heavy atom. The minimum Gasteiger partial charge on any atom is -0.466 e. The van der Waals surface area contributed by atoms with Gasteiger partial charge in [0.2, 0.25) is 5.91 Å². The van der Waals surface area contributed by atoms with E-state index in [-0.39, 0.29) is 11.9 Å². The van der Waals surface area contributed by atoms with Crippen molar-refractivity contribution in [1.82, 2.24) is 10.6 Å². The molecule has 0 aromatic heterocycles. The van der Waals surface area contributed by atoms with E-state index in [1.54, 1.807) is 6.92 Å². The molecule has 5 nitrogen and oxygen atoms in total. The number of nitrogens with one attached hydrogen (secondary N) is 2. The predicted octanol–water partition coefficient (Wildman–Crippen LogP) is 1.47. The molecule has 1 aliphatic heterocycles. The van der Waals surface area contributed by atoms with Crippen molar-refractivity contribution < 1.29 is 14.3 Å². The second-order valence-corrected chi connectivity index (χ2v) is 5.55. The molecule has 0 radical (unpaired) electrons. The van der Waals surface area contributed by atoms with Gasteiger partial charge < -0.3 is 15.4 Å². The molecule has 1 aliphatic rings. The molecular weight excluding hydrogens is 256 g/mol. The molecule has 1 saturated heterocycles. The molecule has 2 unspecified atom stereocenters. The van der Waals surface area contributed by atoms with Crippen LogP contribution >= 0.6 is 0 Å². The number of ether oxygens (including phenoxy) is 1. The molecule has 2 N–H and O–H groups in total. The highest BCUT2D eigenvalue weighted by molar-refractivity contribution is 5.76. The highest BCUT2D eigenvalue weighted by Crippen LogP contribution is 2.22. The van der Waals surface area contributed by atoms with E-state index in [0.717, 1.165) is 13.1 Å². The first-order chi connectivity index (χ1) is 9.63. The van der Waals surface area contributed by atoms with Crippen LogP contribution in [-0.4, -0.2) is 38.1 Å². The van der Waals surface area contributed by atoms with Gasteiger partial charge in [0.15, 0.2) is 0 Å². The average Bonchev–Trinajstić information content (AvgIpc) is 2.45. The van der Waals surface area contributed by atoms with Crippen molar-refractivity contribution in [1.29, 1.82) is 0 Å². The summed E-state index contributed by atoms with van der Waals surface area (Å²) in [5.41, 5.74) is 0. The number of carbonyl (C=O) groups excluding carboxylic acids is 2. The van der Waals surface area contributed by atoms with Crippen molar-refractivity contribution in [3.8, 4) is 0 Å². The third-order valence-corrected chi connectivity index (χ3v) is 3.83. The van der Waals surface area contributed by atoms with Crippen molar-refractivity contribution >= 4 is 11.9 Å². The zero-order chi connectivity index (χ0) is 14.8. The van der Waals surface area contributed by atoms with Crippen LogP contribution in [0.2, 0.25) is 0 Å². The molecule has 0 aromatic carbocycles. The number of hydrogen-bond donors (Lipinski definition) is 2. The maximum atomic E-state index is 11.8. The van der Waals surface area contributed by atoms with E-state index >= 15 is 0 Å². The summed E-state index contributed by atoms with van der Waals surface area (Å²) in [4.78, 5) is 22.9. The Bertz CT molecular complexity index is 301. The topological polar surface area (TPSA) is 67.4 Å². The SMILES string of the molecule is CCOC(=O)CCCNC(=O)CC(C)C1CCCNC1. The van der Waals surface area contributed by atoms with Gasteiger partial charge in [-0.3, -0.25) is 9.59 Å². The van der Waals surface area contributed by atoms with E-state index in [1.807, 2.05) is 0 Å². The first-order valence-corrected chi connectivity index (χ1v) is 7.76. The van der Waals surface area contributed by atoms with Crippen LogP contribution in [0.5, 0.6) is 0 Å². The second-order valence-electron chi connectivity index (χ2n) is 5.55. The van der Waals surface area contributed by atoms with Crippen LogP contribution < -0.4 is 10.6 Å². The Morgan fingerprint density at radius 3 is 2.90 bits per heavy atom. The molecule has 2 atom stereocenters. The Kier molecular flexibility index (Phi) is 8.26. The zero-order valence-corrected chi connectivity index (χ0v) is 12.7. The summed E-state index contributed by atoms with van der Waals surface area (Å²) in [6.07, 6.45) is 4.01. The normalized spacial score (nSPS) is 20.2. The highest BCUT2D eigenvalue weighted by Gasteiger charge is 2.21. The lowest BCUT2D eigenvalue weighted by Gasteiger charge is -2.28. The summed E-state index contributed by atoms with van der Waals surface area (Å²) in [7, 11) is 0. The maximum Gasteiger partial charge on any atom is 0.305 e. The van der Waals surface area contributed by atoms with Gasteiger partial charge in [-0.1, -0.05) is 6.92 Å². The molecule has 116 valence electrons. The fourth-order valence-corrected chi connectivity index (χ4v) is 2.59. The van der Waals surface area contributed by atoms with E-state index in [0.29, 0.717) is 44.2 Å². The van der Waals surface area contributed by atoms with E-state index in [9.17, 15) is 9.59 Å². The van der Waals surface area contributed by atoms with Gasteiger partial charge in [-0.15, -0.1) is 0 Å². The molecule has 0 aliphatic carbocycles. The fraction of sp³-hybridized carbons (Fsp3) is 0.867. The first kappa shape index (κ1) is 17.0. The Labute approximate surface area is 121 Å². The molecule has 0 aromatic rings. The standard InChI is InChI=1S/C15H28N2O3/c1-3-20-15(19)7-5-9-17-14(18)10-12(2)13-6-4-8-16-11-13/h12-13,16H,3-11H2,1-2H3,(H,17,18). The molecule has 1 rings (SSSR count). The van der Waals surface area contributed by atoms with Crippen LogP contribution in [0.15, 0.2) is 0 Å². The number of piperidine rings is 1. The number of carbonyl (C=O) groups is 2. The van der Waals surface area contributed by atoms with Crippen LogP contribution in [0.4, 0.5) is 0 Å². The molecular formula is C15H28N2O3. The Hall–Kier alpha value is -1.10. The van der Waals surface area contributed by atoms with Crippen molar-refractivity contribution in [2.75, 3.05) is 26.2 Å². The quantitative estimate of drug-likeness (QED) is 0.523. The van der Waals surface area contributed by atoms with Gasteiger partial charge in [0.05, 0.1) is 6.61 Å². The van der Waals surface area contributed by atoms with Gasteiger partial charge >= 0.3 is 5.97 Å². The molecule has 0 saturated carbocycles. The van der Waals surface area contributed by atoms with E-state index in [2.05, 4.69) is 17.6 Å². The zero-order valence-electron chi connectivity index (χ0n) is 12.7. The third kappa shape index (κ3) is 6.89. The largest absolute Gasteiger partial charge is 0.466 e. The van der Waals surface area contributed by atoms with Gasteiger partial charge in [-0.05, 0) is 51.1 Å². The van der Waals surface area contributed by atoms with Crippen LogP contribution in [0.3, 0.4) is 0 Å². The van der Waals surface area contributed by atoms with Crippen molar-refractivity contribution in [2.24, 2.45) is 11.8 Å². The van der Waals surface area contributed by atoms with Crippen LogP contribution in [0, 0.1) is 11.8 Å². The number of hydrogen-bond acceptors (Lipinski definition) is 4. The minimum atomic E-state index is -0.191. The monoisotopic (exact) mass is 284 g/mol. The molecule has 0 bridgehead atoms. The summed E-state index contributed by atoms with van der Waals surface area (Å²) in [5.74, 6) is 0.914. The van der Waals surface area contributed by atoms with E-state index in [1.165, 1.54) is 12.8 Å². The highest BCUT2D eigenvalue weighted by atomic mass is 16.5.